The molecule has 4 heteroatoms. The Balaban J connectivity index is 1.88. The Bertz CT molecular complexity index is 488. The molecule has 0 aliphatic heterocycles. The smallest absolute Gasteiger partial charge is 0.0352 e. The van der Waals surface area contributed by atoms with Gasteiger partial charge in [-0.15, -0.1) is 0 Å². The number of nitrogens with one attached hydrogen (secondary N) is 1. The van der Waals surface area contributed by atoms with Crippen LogP contribution in [0.15, 0.2) is 47.2 Å². The molecule has 0 bridgehead atoms. The number of halogens is 2. The number of hydrogen-bond donors (Lipinski definition) is 1. The van der Waals surface area contributed by atoms with Crippen molar-refractivity contribution < 1.29 is 0 Å². The molecule has 0 fully saturated rings. The first-order chi connectivity index (χ1) is 8.25. The van der Waals surface area contributed by atoms with Crippen molar-refractivity contribution in [2.24, 2.45) is 0 Å². The molecule has 88 valence electrons. The highest BCUT2D eigenvalue weighted by molar-refractivity contribution is 14.1. The molecule has 2 aromatic rings. The molecule has 1 heterocycles. The van der Waals surface area contributed by atoms with E-state index >= 15 is 0 Å². The van der Waals surface area contributed by atoms with E-state index in [0.717, 1.165) is 23.1 Å². The average Bonchev–Trinajstić information content (AvgIpc) is 2.35. The van der Waals surface area contributed by atoms with Crippen molar-refractivity contribution in [3.05, 3.63) is 56.3 Å². The number of pyridine rings is 1. The van der Waals surface area contributed by atoms with Gasteiger partial charge in [0.2, 0.25) is 0 Å². The second kappa shape index (κ2) is 6.35. The van der Waals surface area contributed by atoms with Crippen LogP contribution in [0.5, 0.6) is 0 Å². The summed E-state index contributed by atoms with van der Waals surface area (Å²) in [6, 6.07) is 10.4. The summed E-state index contributed by atoms with van der Waals surface area (Å²) >= 11 is 5.83. The topological polar surface area (TPSA) is 24.9 Å². The van der Waals surface area contributed by atoms with Crippen molar-refractivity contribution in [1.29, 1.82) is 0 Å². The zero-order valence-electron chi connectivity index (χ0n) is 9.16. The average molecular weight is 403 g/mol. The van der Waals surface area contributed by atoms with E-state index in [-0.39, 0.29) is 0 Å². The predicted molar refractivity (Wildman–Crippen MR) is 83.3 cm³/mol. The highest BCUT2D eigenvalue weighted by atomic mass is 127. The van der Waals surface area contributed by atoms with Crippen LogP contribution in [0.1, 0.15) is 5.56 Å². The monoisotopic (exact) mass is 402 g/mol. The van der Waals surface area contributed by atoms with Crippen LogP contribution in [0.25, 0.3) is 0 Å². The Hall–Kier alpha value is -0.620. The minimum absolute atomic E-state index is 0.915. The summed E-state index contributed by atoms with van der Waals surface area (Å²) < 4.78 is 2.35. The van der Waals surface area contributed by atoms with E-state index in [4.69, 9.17) is 0 Å². The van der Waals surface area contributed by atoms with Gasteiger partial charge in [-0.05, 0) is 74.8 Å². The van der Waals surface area contributed by atoms with Gasteiger partial charge in [0.25, 0.3) is 0 Å². The molecule has 1 aromatic carbocycles. The quantitative estimate of drug-likeness (QED) is 0.778. The van der Waals surface area contributed by atoms with E-state index in [2.05, 4.69) is 73.1 Å². The standard InChI is InChI=1S/C13H12BrIN2/c14-12-8-11(3-4-13(12)15)17-7-5-10-2-1-6-16-9-10/h1-4,6,8-9,17H,5,7H2. The Labute approximate surface area is 123 Å². The predicted octanol–water partition coefficient (Wildman–Crippen LogP) is 4.10. The fourth-order valence-corrected chi connectivity index (χ4v) is 2.22. The third-order valence-electron chi connectivity index (χ3n) is 2.39. The molecular weight excluding hydrogens is 391 g/mol. The summed E-state index contributed by atoms with van der Waals surface area (Å²) in [5.41, 5.74) is 2.39. The van der Waals surface area contributed by atoms with Gasteiger partial charge in [0.1, 0.15) is 0 Å². The molecule has 0 unspecified atom stereocenters. The van der Waals surface area contributed by atoms with Crippen LogP contribution in [-0.2, 0) is 6.42 Å². The van der Waals surface area contributed by atoms with Crippen LogP contribution >= 0.6 is 38.5 Å². The summed E-state index contributed by atoms with van der Waals surface area (Å²) in [5.74, 6) is 0. The zero-order chi connectivity index (χ0) is 12.1. The van der Waals surface area contributed by atoms with Crippen molar-refractivity contribution in [1.82, 2.24) is 4.98 Å². The van der Waals surface area contributed by atoms with Gasteiger partial charge < -0.3 is 5.32 Å². The molecule has 0 atom stereocenters. The lowest BCUT2D eigenvalue weighted by atomic mass is 10.2. The molecule has 2 nitrogen and oxygen atoms in total. The van der Waals surface area contributed by atoms with E-state index in [0.29, 0.717) is 0 Å². The number of anilines is 1. The molecule has 0 spiro atoms. The number of nitrogens with zero attached hydrogens (tertiary/aromatic N) is 1. The maximum absolute atomic E-state index is 4.10. The van der Waals surface area contributed by atoms with Crippen molar-refractivity contribution in [2.45, 2.75) is 6.42 Å². The van der Waals surface area contributed by atoms with Crippen LogP contribution in [-0.4, -0.2) is 11.5 Å². The van der Waals surface area contributed by atoms with Gasteiger partial charge in [-0.3, -0.25) is 4.98 Å². The van der Waals surface area contributed by atoms with Crippen LogP contribution < -0.4 is 5.32 Å². The Kier molecular flexibility index (Phi) is 4.79. The number of aromatic nitrogens is 1. The highest BCUT2D eigenvalue weighted by Crippen LogP contribution is 2.22. The SMILES string of the molecule is Brc1cc(NCCc2cccnc2)ccc1I. The van der Waals surface area contributed by atoms with Crippen molar-refractivity contribution in [3.8, 4) is 0 Å². The fourth-order valence-electron chi connectivity index (χ4n) is 1.50. The fraction of sp³-hybridized carbons (Fsp3) is 0.154. The van der Waals surface area contributed by atoms with Crippen LogP contribution in [0.2, 0.25) is 0 Å². The molecule has 0 amide bonds. The van der Waals surface area contributed by atoms with Gasteiger partial charge in [0.05, 0.1) is 0 Å². The summed E-state index contributed by atoms with van der Waals surface area (Å²) in [6.45, 7) is 0.915. The van der Waals surface area contributed by atoms with Gasteiger partial charge in [0.15, 0.2) is 0 Å². The Morgan fingerprint density at radius 2 is 2.18 bits per heavy atom. The molecule has 0 aliphatic carbocycles. The third-order valence-corrected chi connectivity index (χ3v) is 4.72. The summed E-state index contributed by atoms with van der Waals surface area (Å²) in [7, 11) is 0. The highest BCUT2D eigenvalue weighted by Gasteiger charge is 1.98. The first-order valence-electron chi connectivity index (χ1n) is 5.33. The first kappa shape index (κ1) is 12.8. The number of rotatable bonds is 4. The molecule has 1 aromatic heterocycles. The van der Waals surface area contributed by atoms with Crippen molar-refractivity contribution >= 4 is 44.2 Å². The maximum atomic E-state index is 4.10. The minimum Gasteiger partial charge on any atom is -0.385 e. The molecule has 1 N–H and O–H groups in total. The van der Waals surface area contributed by atoms with Crippen LogP contribution in [0, 0.1) is 3.57 Å². The molecule has 17 heavy (non-hydrogen) atoms. The number of benzene rings is 1. The first-order valence-corrected chi connectivity index (χ1v) is 7.21. The molecule has 2 rings (SSSR count). The van der Waals surface area contributed by atoms with E-state index in [9.17, 15) is 0 Å². The normalized spacial score (nSPS) is 10.2. The van der Waals surface area contributed by atoms with E-state index in [1.54, 1.807) is 6.20 Å². The largest absolute Gasteiger partial charge is 0.385 e. The zero-order valence-corrected chi connectivity index (χ0v) is 12.9. The van der Waals surface area contributed by atoms with Gasteiger partial charge in [-0.2, -0.15) is 0 Å². The minimum atomic E-state index is 0.915. The van der Waals surface area contributed by atoms with Gasteiger partial charge >= 0.3 is 0 Å². The molecular formula is C13H12BrIN2. The van der Waals surface area contributed by atoms with Crippen molar-refractivity contribution in [3.63, 3.8) is 0 Å². The van der Waals surface area contributed by atoms with Crippen LogP contribution in [0.4, 0.5) is 5.69 Å². The summed E-state index contributed by atoms with van der Waals surface area (Å²) in [5, 5.41) is 3.40. The third kappa shape index (κ3) is 3.96. The van der Waals surface area contributed by atoms with E-state index in [1.807, 2.05) is 12.3 Å². The molecule has 0 aliphatic rings. The molecule has 0 saturated carbocycles. The number of hydrogen-bond acceptors (Lipinski definition) is 2. The van der Waals surface area contributed by atoms with E-state index in [1.165, 1.54) is 9.13 Å². The van der Waals surface area contributed by atoms with Gasteiger partial charge in [-0.25, -0.2) is 0 Å². The second-order valence-electron chi connectivity index (χ2n) is 3.67. The summed E-state index contributed by atoms with van der Waals surface area (Å²) in [6.07, 6.45) is 4.69. The second-order valence-corrected chi connectivity index (χ2v) is 5.68. The Morgan fingerprint density at radius 3 is 2.88 bits per heavy atom. The van der Waals surface area contributed by atoms with Gasteiger partial charge in [0, 0.05) is 32.7 Å². The molecule has 0 saturated heterocycles. The van der Waals surface area contributed by atoms with Gasteiger partial charge in [-0.1, -0.05) is 6.07 Å². The Morgan fingerprint density at radius 1 is 1.29 bits per heavy atom. The lowest BCUT2D eigenvalue weighted by Crippen LogP contribution is -2.04. The van der Waals surface area contributed by atoms with E-state index < -0.39 is 0 Å². The maximum Gasteiger partial charge on any atom is 0.0352 e. The van der Waals surface area contributed by atoms with Crippen molar-refractivity contribution in [2.75, 3.05) is 11.9 Å². The van der Waals surface area contributed by atoms with Crippen LogP contribution in [0.3, 0.4) is 0 Å². The molecule has 0 radical (unpaired) electrons. The lowest BCUT2D eigenvalue weighted by molar-refractivity contribution is 1.00. The summed E-state index contributed by atoms with van der Waals surface area (Å²) in [4.78, 5) is 4.10. The lowest BCUT2D eigenvalue weighted by Gasteiger charge is -2.07.